The van der Waals surface area contributed by atoms with E-state index in [2.05, 4.69) is 61.7 Å². The van der Waals surface area contributed by atoms with Crippen molar-refractivity contribution >= 4 is 5.96 Å². The molecular weight excluding hydrogens is 298 g/mol. The minimum Gasteiger partial charge on any atom is -0.377 e. The van der Waals surface area contributed by atoms with Gasteiger partial charge in [0.15, 0.2) is 5.96 Å². The van der Waals surface area contributed by atoms with Crippen LogP contribution in [0.5, 0.6) is 0 Å². The number of rotatable bonds is 7. The van der Waals surface area contributed by atoms with Gasteiger partial charge in [0.05, 0.1) is 13.2 Å². The zero-order valence-electron chi connectivity index (χ0n) is 15.3. The maximum absolute atomic E-state index is 5.35. The summed E-state index contributed by atoms with van der Waals surface area (Å²) in [6.45, 7) is 10.7. The van der Waals surface area contributed by atoms with Crippen molar-refractivity contribution in [3.63, 3.8) is 0 Å². The van der Waals surface area contributed by atoms with Gasteiger partial charge in [-0.3, -0.25) is 4.99 Å². The van der Waals surface area contributed by atoms with E-state index in [0.29, 0.717) is 5.92 Å². The summed E-state index contributed by atoms with van der Waals surface area (Å²) >= 11 is 0. The maximum Gasteiger partial charge on any atom is 0.191 e. The lowest BCUT2D eigenvalue weighted by atomic mass is 10.00. The number of nitrogens with one attached hydrogen (secondary N) is 2. The van der Waals surface area contributed by atoms with Gasteiger partial charge in [-0.1, -0.05) is 48.4 Å². The molecule has 0 aromatic heterocycles. The number of hydrogen-bond donors (Lipinski definition) is 2. The van der Waals surface area contributed by atoms with Crippen LogP contribution in [-0.2, 0) is 4.74 Å². The Labute approximate surface area is 146 Å². The van der Waals surface area contributed by atoms with Gasteiger partial charge >= 0.3 is 0 Å². The molecule has 0 aliphatic carbocycles. The van der Waals surface area contributed by atoms with Crippen LogP contribution in [0.4, 0.5) is 0 Å². The monoisotopic (exact) mass is 329 g/mol. The van der Waals surface area contributed by atoms with Crippen molar-refractivity contribution < 1.29 is 4.74 Å². The van der Waals surface area contributed by atoms with Crippen molar-refractivity contribution in [2.45, 2.75) is 39.5 Å². The highest BCUT2D eigenvalue weighted by Crippen LogP contribution is 2.16. The molecule has 1 heterocycles. The normalized spacial score (nSPS) is 16.5. The molecule has 132 valence electrons. The Bertz CT molecular complexity index is 566. The summed E-state index contributed by atoms with van der Waals surface area (Å²) in [5, 5.41) is 6.78. The van der Waals surface area contributed by atoms with Gasteiger partial charge in [0.2, 0.25) is 0 Å². The van der Waals surface area contributed by atoms with Gasteiger partial charge in [-0.2, -0.15) is 0 Å². The predicted molar refractivity (Wildman–Crippen MR) is 102 cm³/mol. The van der Waals surface area contributed by atoms with Gasteiger partial charge in [-0.05, 0) is 32.3 Å². The average Bonchev–Trinajstić information content (AvgIpc) is 2.60. The first-order chi connectivity index (χ1) is 11.7. The summed E-state index contributed by atoms with van der Waals surface area (Å²) in [7, 11) is 0. The van der Waals surface area contributed by atoms with Crippen molar-refractivity contribution in [2.24, 2.45) is 4.99 Å². The maximum atomic E-state index is 5.35. The summed E-state index contributed by atoms with van der Waals surface area (Å²) in [6, 6.07) is 8.69. The smallest absolute Gasteiger partial charge is 0.191 e. The Balaban J connectivity index is 1.84. The molecule has 0 radical (unpaired) electrons. The Kier molecular flexibility index (Phi) is 7.83. The van der Waals surface area contributed by atoms with Gasteiger partial charge in [0, 0.05) is 25.6 Å². The molecule has 1 aromatic carbocycles. The average molecular weight is 329 g/mol. The van der Waals surface area contributed by atoms with E-state index in [-0.39, 0.29) is 0 Å². The third-order valence-corrected chi connectivity index (χ3v) is 4.27. The molecule has 1 aliphatic heterocycles. The van der Waals surface area contributed by atoms with Gasteiger partial charge in [0.25, 0.3) is 0 Å². The van der Waals surface area contributed by atoms with E-state index < -0.39 is 0 Å². The first-order valence-electron chi connectivity index (χ1n) is 9.03. The van der Waals surface area contributed by atoms with Gasteiger partial charge in [-0.15, -0.1) is 0 Å². The van der Waals surface area contributed by atoms with E-state index in [4.69, 9.17) is 9.73 Å². The fourth-order valence-corrected chi connectivity index (χ4v) is 2.79. The lowest BCUT2D eigenvalue weighted by molar-refractivity contribution is 0.153. The molecule has 0 saturated carbocycles. The van der Waals surface area contributed by atoms with Gasteiger partial charge < -0.3 is 15.4 Å². The zero-order chi connectivity index (χ0) is 17.2. The van der Waals surface area contributed by atoms with E-state index >= 15 is 0 Å². The number of aryl methyl sites for hydroxylation is 1. The van der Waals surface area contributed by atoms with Crippen LogP contribution in [-0.4, -0.2) is 38.8 Å². The number of ether oxygens (including phenoxy) is 1. The summed E-state index contributed by atoms with van der Waals surface area (Å²) < 4.78 is 5.35. The highest BCUT2D eigenvalue weighted by Gasteiger charge is 2.07. The van der Waals surface area contributed by atoms with Crippen LogP contribution in [0, 0.1) is 6.92 Å². The Morgan fingerprint density at radius 1 is 1.33 bits per heavy atom. The number of aliphatic imine (C=N–C) groups is 1. The fraction of sp³-hybridized carbons (Fsp3) is 0.550. The zero-order valence-corrected chi connectivity index (χ0v) is 15.3. The third kappa shape index (κ3) is 6.36. The van der Waals surface area contributed by atoms with Crippen LogP contribution in [0.1, 0.15) is 43.7 Å². The summed E-state index contributed by atoms with van der Waals surface area (Å²) in [5.41, 5.74) is 4.14. The van der Waals surface area contributed by atoms with Crippen LogP contribution in [0.3, 0.4) is 0 Å². The van der Waals surface area contributed by atoms with Crippen molar-refractivity contribution in [1.82, 2.24) is 10.6 Å². The highest BCUT2D eigenvalue weighted by molar-refractivity contribution is 5.79. The molecule has 2 N–H and O–H groups in total. The number of hydrogen-bond acceptors (Lipinski definition) is 2. The SMILES string of the molecule is CCNC(=NCC(C)c1cccc(C)c1)NCCC1=CCOCC1. The lowest BCUT2D eigenvalue weighted by Crippen LogP contribution is -2.38. The minimum atomic E-state index is 0.415. The van der Waals surface area contributed by atoms with E-state index in [9.17, 15) is 0 Å². The standard InChI is InChI=1S/C20H31N3O/c1-4-21-20(22-11-8-18-9-12-24-13-10-18)23-15-17(3)19-7-5-6-16(2)14-19/h5-7,9,14,17H,4,8,10-13,15H2,1-3H3,(H2,21,22,23). The molecule has 2 rings (SSSR count). The van der Waals surface area contributed by atoms with E-state index in [1.807, 2.05) is 0 Å². The summed E-state index contributed by atoms with van der Waals surface area (Å²) in [6.07, 6.45) is 4.32. The van der Waals surface area contributed by atoms with Crippen molar-refractivity contribution in [1.29, 1.82) is 0 Å². The first-order valence-corrected chi connectivity index (χ1v) is 9.03. The van der Waals surface area contributed by atoms with Crippen LogP contribution in [0.2, 0.25) is 0 Å². The summed E-state index contributed by atoms with van der Waals surface area (Å²) in [4.78, 5) is 4.75. The van der Waals surface area contributed by atoms with Crippen LogP contribution < -0.4 is 10.6 Å². The summed E-state index contributed by atoms with van der Waals surface area (Å²) in [5.74, 6) is 1.32. The van der Waals surface area contributed by atoms with Crippen molar-refractivity contribution in [3.8, 4) is 0 Å². The third-order valence-electron chi connectivity index (χ3n) is 4.27. The van der Waals surface area contributed by atoms with Crippen molar-refractivity contribution in [3.05, 3.63) is 47.0 Å². The molecule has 1 atom stereocenters. The van der Waals surface area contributed by atoms with Crippen LogP contribution in [0.25, 0.3) is 0 Å². The molecule has 0 saturated heterocycles. The number of nitrogens with zero attached hydrogens (tertiary/aromatic N) is 1. The highest BCUT2D eigenvalue weighted by atomic mass is 16.5. The Morgan fingerprint density at radius 3 is 2.92 bits per heavy atom. The number of benzene rings is 1. The number of guanidine groups is 1. The molecule has 1 aromatic rings. The molecule has 1 aliphatic rings. The molecule has 0 amide bonds. The van der Waals surface area contributed by atoms with E-state index in [1.165, 1.54) is 16.7 Å². The molecule has 0 bridgehead atoms. The van der Waals surface area contributed by atoms with Gasteiger partial charge in [-0.25, -0.2) is 0 Å². The quantitative estimate of drug-likeness (QED) is 0.458. The molecule has 4 nitrogen and oxygen atoms in total. The van der Waals surface area contributed by atoms with Crippen LogP contribution in [0.15, 0.2) is 40.9 Å². The Hall–Kier alpha value is -1.81. The molecule has 24 heavy (non-hydrogen) atoms. The minimum absolute atomic E-state index is 0.415. The largest absolute Gasteiger partial charge is 0.377 e. The second kappa shape index (κ2) is 10.1. The van der Waals surface area contributed by atoms with Gasteiger partial charge in [0.1, 0.15) is 0 Å². The molecule has 4 heteroatoms. The molecule has 1 unspecified atom stereocenters. The topological polar surface area (TPSA) is 45.7 Å². The van der Waals surface area contributed by atoms with Crippen LogP contribution >= 0.6 is 0 Å². The Morgan fingerprint density at radius 2 is 2.21 bits per heavy atom. The van der Waals surface area contributed by atoms with E-state index in [1.54, 1.807) is 0 Å². The molecule has 0 fully saturated rings. The fourth-order valence-electron chi connectivity index (χ4n) is 2.79. The second-order valence-corrected chi connectivity index (χ2v) is 6.40. The second-order valence-electron chi connectivity index (χ2n) is 6.40. The first kappa shape index (κ1) is 18.5. The van der Waals surface area contributed by atoms with Crippen molar-refractivity contribution in [2.75, 3.05) is 32.8 Å². The lowest BCUT2D eigenvalue weighted by Gasteiger charge is -2.16. The van der Waals surface area contributed by atoms with E-state index in [0.717, 1.165) is 51.6 Å². The predicted octanol–water partition coefficient (Wildman–Crippen LogP) is 3.39. The molecular formula is C20H31N3O. The molecule has 0 spiro atoms.